The van der Waals surface area contributed by atoms with E-state index in [0.29, 0.717) is 32.0 Å². The van der Waals surface area contributed by atoms with Gasteiger partial charge >= 0.3 is 0 Å². The number of nitrogens with one attached hydrogen (secondary N) is 1. The number of ether oxygens (including phenoxy) is 2. The molecule has 8 nitrogen and oxygen atoms in total. The molecule has 0 saturated carbocycles. The maximum atomic E-state index is 13.0. The second-order valence-electron chi connectivity index (χ2n) is 7.97. The second kappa shape index (κ2) is 11.3. The zero-order chi connectivity index (χ0) is 22.3. The van der Waals surface area contributed by atoms with E-state index in [1.54, 1.807) is 12.1 Å². The third-order valence-electron chi connectivity index (χ3n) is 5.83. The molecule has 1 amide bonds. The average molecular weight is 454 g/mol. The van der Waals surface area contributed by atoms with Gasteiger partial charge in [0.05, 0.1) is 42.0 Å². The van der Waals surface area contributed by atoms with Crippen LogP contribution in [0.2, 0.25) is 0 Å². The third-order valence-corrected chi connectivity index (χ3v) is 7.88. The van der Waals surface area contributed by atoms with Crippen molar-refractivity contribution in [2.24, 2.45) is 0 Å². The topological polar surface area (TPSA) is 88.2 Å². The number of amides is 1. The molecule has 31 heavy (non-hydrogen) atoms. The van der Waals surface area contributed by atoms with Crippen molar-refractivity contribution in [3.8, 4) is 0 Å². The van der Waals surface area contributed by atoms with Crippen molar-refractivity contribution < 1.29 is 22.7 Å². The lowest BCUT2D eigenvalue weighted by Gasteiger charge is -2.24. The molecular weight excluding hydrogens is 418 g/mol. The Hall–Kier alpha value is -1.68. The molecule has 2 saturated heterocycles. The van der Waals surface area contributed by atoms with Crippen molar-refractivity contribution in [1.82, 2.24) is 4.31 Å². The van der Waals surface area contributed by atoms with Crippen molar-refractivity contribution in [3.63, 3.8) is 0 Å². The molecule has 2 heterocycles. The van der Waals surface area contributed by atoms with Gasteiger partial charge in [0.1, 0.15) is 0 Å². The summed E-state index contributed by atoms with van der Waals surface area (Å²) >= 11 is 0. The summed E-state index contributed by atoms with van der Waals surface area (Å²) in [6.45, 7) is 7.82. The Morgan fingerprint density at radius 2 is 1.97 bits per heavy atom. The zero-order valence-electron chi connectivity index (χ0n) is 18.6. The third kappa shape index (κ3) is 6.19. The molecule has 3 rings (SSSR count). The summed E-state index contributed by atoms with van der Waals surface area (Å²) in [6.07, 6.45) is 4.57. The van der Waals surface area contributed by atoms with E-state index in [1.165, 1.54) is 4.31 Å². The Labute approximate surface area is 185 Å². The van der Waals surface area contributed by atoms with Crippen LogP contribution in [0.4, 0.5) is 11.4 Å². The van der Waals surface area contributed by atoms with Crippen molar-refractivity contribution in [2.75, 3.05) is 56.2 Å². The molecule has 0 bridgehead atoms. The fraction of sp³-hybridized carbons (Fsp3) is 0.682. The van der Waals surface area contributed by atoms with Crippen LogP contribution in [-0.2, 0) is 24.3 Å². The molecule has 0 aliphatic carbocycles. The SMILES string of the molecule is CCN(CC)S(=O)(=O)c1ccc(N2CCCC2)c(NC(=O)CCOCC2CCCO2)c1. The van der Waals surface area contributed by atoms with Crippen LogP contribution in [0.1, 0.15) is 46.0 Å². The molecule has 1 unspecified atom stereocenters. The summed E-state index contributed by atoms with van der Waals surface area (Å²) in [6, 6.07) is 5.04. The van der Waals surface area contributed by atoms with Gasteiger partial charge in [0.25, 0.3) is 0 Å². The van der Waals surface area contributed by atoms with E-state index in [0.717, 1.165) is 51.1 Å². The molecule has 0 spiro atoms. The van der Waals surface area contributed by atoms with Crippen LogP contribution >= 0.6 is 0 Å². The lowest BCUT2D eigenvalue weighted by molar-refractivity contribution is -0.117. The van der Waals surface area contributed by atoms with Crippen LogP contribution in [0.3, 0.4) is 0 Å². The predicted octanol–water partition coefficient (Wildman–Crippen LogP) is 2.84. The Balaban J connectivity index is 1.70. The highest BCUT2D eigenvalue weighted by Crippen LogP contribution is 2.32. The number of carbonyl (C=O) groups excluding carboxylic acids is 1. The fourth-order valence-electron chi connectivity index (χ4n) is 4.09. The second-order valence-corrected chi connectivity index (χ2v) is 9.91. The van der Waals surface area contributed by atoms with E-state index < -0.39 is 10.0 Å². The Morgan fingerprint density at radius 3 is 2.61 bits per heavy atom. The van der Waals surface area contributed by atoms with Gasteiger partial charge in [-0.25, -0.2) is 8.42 Å². The van der Waals surface area contributed by atoms with Gasteiger partial charge in [0.15, 0.2) is 0 Å². The standard InChI is InChI=1S/C22H35N3O5S/c1-3-25(4-2)31(27,28)19-9-10-21(24-12-5-6-13-24)20(16-19)23-22(26)11-15-29-17-18-8-7-14-30-18/h9-10,16,18H,3-8,11-15,17H2,1-2H3,(H,23,26). The Morgan fingerprint density at radius 1 is 1.23 bits per heavy atom. The van der Waals surface area contributed by atoms with Gasteiger partial charge in [-0.2, -0.15) is 4.31 Å². The highest BCUT2D eigenvalue weighted by molar-refractivity contribution is 7.89. The maximum Gasteiger partial charge on any atom is 0.243 e. The number of sulfonamides is 1. The van der Waals surface area contributed by atoms with Crippen LogP contribution < -0.4 is 10.2 Å². The van der Waals surface area contributed by atoms with Crippen molar-refractivity contribution >= 4 is 27.3 Å². The first-order chi connectivity index (χ1) is 15.0. The van der Waals surface area contributed by atoms with Gasteiger partial charge in [-0.1, -0.05) is 13.8 Å². The first-order valence-corrected chi connectivity index (χ1v) is 12.8. The van der Waals surface area contributed by atoms with E-state index >= 15 is 0 Å². The fourth-order valence-corrected chi connectivity index (χ4v) is 5.58. The molecule has 2 aliphatic heterocycles. The van der Waals surface area contributed by atoms with Crippen LogP contribution in [0.15, 0.2) is 23.1 Å². The quantitative estimate of drug-likeness (QED) is 0.519. The van der Waals surface area contributed by atoms with Crippen molar-refractivity contribution in [2.45, 2.75) is 57.0 Å². The number of hydrogen-bond acceptors (Lipinski definition) is 6. The lowest BCUT2D eigenvalue weighted by atomic mass is 10.2. The molecule has 1 atom stereocenters. The van der Waals surface area contributed by atoms with E-state index in [-0.39, 0.29) is 23.3 Å². The number of benzene rings is 1. The van der Waals surface area contributed by atoms with Gasteiger partial charge in [-0.05, 0) is 43.9 Å². The van der Waals surface area contributed by atoms with E-state index in [9.17, 15) is 13.2 Å². The average Bonchev–Trinajstić information content (AvgIpc) is 3.46. The number of anilines is 2. The van der Waals surface area contributed by atoms with E-state index in [4.69, 9.17) is 9.47 Å². The van der Waals surface area contributed by atoms with Gasteiger partial charge in [0, 0.05) is 32.8 Å². The molecule has 2 fully saturated rings. The smallest absolute Gasteiger partial charge is 0.243 e. The largest absolute Gasteiger partial charge is 0.378 e. The van der Waals surface area contributed by atoms with E-state index in [1.807, 2.05) is 19.9 Å². The molecule has 174 valence electrons. The van der Waals surface area contributed by atoms with E-state index in [2.05, 4.69) is 10.2 Å². The number of hydrogen-bond donors (Lipinski definition) is 1. The number of rotatable bonds is 11. The zero-order valence-corrected chi connectivity index (χ0v) is 19.5. The lowest BCUT2D eigenvalue weighted by Crippen LogP contribution is -2.31. The maximum absolute atomic E-state index is 13.0. The molecule has 1 aromatic carbocycles. The monoisotopic (exact) mass is 453 g/mol. The Bertz CT molecular complexity index is 830. The van der Waals surface area contributed by atoms with Crippen LogP contribution in [0, 0.1) is 0 Å². The summed E-state index contributed by atoms with van der Waals surface area (Å²) in [4.78, 5) is 15.0. The summed E-state index contributed by atoms with van der Waals surface area (Å²) in [5.41, 5.74) is 1.41. The molecular formula is C22H35N3O5S. The first kappa shape index (κ1) is 24.0. The molecule has 2 aliphatic rings. The summed E-state index contributed by atoms with van der Waals surface area (Å²) in [5.74, 6) is -0.190. The van der Waals surface area contributed by atoms with Crippen molar-refractivity contribution in [3.05, 3.63) is 18.2 Å². The normalized spacial score (nSPS) is 19.3. The van der Waals surface area contributed by atoms with Gasteiger partial charge < -0.3 is 19.7 Å². The predicted molar refractivity (Wildman–Crippen MR) is 121 cm³/mol. The molecule has 9 heteroatoms. The van der Waals surface area contributed by atoms with Crippen LogP contribution in [-0.4, -0.2) is 70.7 Å². The molecule has 0 radical (unpaired) electrons. The van der Waals surface area contributed by atoms with Gasteiger partial charge in [0.2, 0.25) is 15.9 Å². The minimum atomic E-state index is -3.61. The minimum absolute atomic E-state index is 0.131. The molecule has 1 aromatic rings. The molecule has 1 N–H and O–H groups in total. The van der Waals surface area contributed by atoms with Gasteiger partial charge in [-0.3, -0.25) is 4.79 Å². The van der Waals surface area contributed by atoms with Crippen molar-refractivity contribution in [1.29, 1.82) is 0 Å². The van der Waals surface area contributed by atoms with Gasteiger partial charge in [-0.15, -0.1) is 0 Å². The molecule has 0 aromatic heterocycles. The summed E-state index contributed by atoms with van der Waals surface area (Å²) in [7, 11) is -3.61. The minimum Gasteiger partial charge on any atom is -0.378 e. The number of nitrogens with zero attached hydrogens (tertiary/aromatic N) is 2. The highest BCUT2D eigenvalue weighted by Gasteiger charge is 2.25. The van der Waals surface area contributed by atoms with Crippen LogP contribution in [0.25, 0.3) is 0 Å². The number of carbonyl (C=O) groups is 1. The summed E-state index contributed by atoms with van der Waals surface area (Å²) in [5, 5.41) is 2.93. The highest BCUT2D eigenvalue weighted by atomic mass is 32.2. The summed E-state index contributed by atoms with van der Waals surface area (Å²) < 4.78 is 38.5. The first-order valence-electron chi connectivity index (χ1n) is 11.3. The Kier molecular flexibility index (Phi) is 8.71. The van der Waals surface area contributed by atoms with Crippen LogP contribution in [0.5, 0.6) is 0 Å².